The van der Waals surface area contributed by atoms with Gasteiger partial charge in [-0.15, -0.1) is 13.2 Å². The van der Waals surface area contributed by atoms with E-state index in [0.29, 0.717) is 12.8 Å². The molecule has 0 saturated carbocycles. The van der Waals surface area contributed by atoms with Crippen LogP contribution in [0.1, 0.15) is 149 Å². The Morgan fingerprint density at radius 3 is 1.89 bits per heavy atom. The average molecular weight is 789 g/mol. The lowest BCUT2D eigenvalue weighted by atomic mass is 9.98. The lowest BCUT2D eigenvalue weighted by Crippen LogP contribution is -2.61. The zero-order valence-electron chi connectivity index (χ0n) is 34.3. The van der Waals surface area contributed by atoms with Gasteiger partial charge in [0.15, 0.2) is 12.4 Å². The molecule has 1 aliphatic heterocycles. The molecule has 0 unspecified atom stereocenters. The number of carbonyl (C=O) groups is 1. The maximum absolute atomic E-state index is 13.8. The van der Waals surface area contributed by atoms with Crippen LogP contribution < -0.4 is 0 Å². The molecule has 6 atom stereocenters. The number of hydrogen-bond acceptors (Lipinski definition) is 11. The molecule has 1 saturated heterocycles. The van der Waals surface area contributed by atoms with Gasteiger partial charge in [-0.3, -0.25) is 18.4 Å². The van der Waals surface area contributed by atoms with Gasteiger partial charge in [0.05, 0.1) is 25.9 Å². The maximum Gasteiger partial charge on any atom is 0.475 e. The second-order valence-corrected chi connectivity index (χ2v) is 15.8. The van der Waals surface area contributed by atoms with Crippen LogP contribution in [0.2, 0.25) is 0 Å². The Labute approximate surface area is 328 Å². The van der Waals surface area contributed by atoms with Crippen LogP contribution in [-0.2, 0) is 46.6 Å². The number of ether oxygens (including phenoxy) is 5. The van der Waals surface area contributed by atoms with Crippen molar-refractivity contribution < 1.29 is 51.7 Å². The Balaban J connectivity index is 2.86. The van der Waals surface area contributed by atoms with Gasteiger partial charge in [-0.05, 0) is 44.9 Å². The molecule has 1 fully saturated rings. The highest BCUT2D eigenvalue weighted by Gasteiger charge is 2.52. The highest BCUT2D eigenvalue weighted by atomic mass is 31.2. The van der Waals surface area contributed by atoms with Gasteiger partial charge < -0.3 is 28.8 Å². The molecule has 0 radical (unpaired) electrons. The number of phosphoric acid groups is 1. The summed E-state index contributed by atoms with van der Waals surface area (Å²) in [7, 11) is -1.09. The summed E-state index contributed by atoms with van der Waals surface area (Å²) in [5.41, 5.74) is 0. The Morgan fingerprint density at radius 2 is 1.31 bits per heavy atom. The number of unbranched alkanes of at least 4 members (excludes halogenated alkanes) is 15. The first-order valence-corrected chi connectivity index (χ1v) is 22.4. The lowest BCUT2D eigenvalue weighted by Gasteiger charge is -2.44. The third kappa shape index (κ3) is 23.6. The van der Waals surface area contributed by atoms with Crippen molar-refractivity contribution in [2.75, 3.05) is 40.6 Å². The summed E-state index contributed by atoms with van der Waals surface area (Å²) in [4.78, 5) is 13.2. The van der Waals surface area contributed by atoms with E-state index < -0.39 is 44.5 Å². The van der Waals surface area contributed by atoms with Crippen LogP contribution >= 0.6 is 7.82 Å². The zero-order chi connectivity index (χ0) is 39.7. The van der Waals surface area contributed by atoms with Gasteiger partial charge in [0.1, 0.15) is 18.3 Å². The number of methoxy groups -OCH3 is 2. The molecule has 0 aromatic rings. The van der Waals surface area contributed by atoms with Crippen LogP contribution in [0.4, 0.5) is 0 Å². The molecule has 11 nitrogen and oxygen atoms in total. The number of carbonyl (C=O) groups excluding carboxylic acids is 1. The first kappa shape index (κ1) is 50.6. The molecule has 1 heterocycles. The molecule has 54 heavy (non-hydrogen) atoms. The molecular weight excluding hydrogens is 711 g/mol. The highest BCUT2D eigenvalue weighted by molar-refractivity contribution is 7.48. The van der Waals surface area contributed by atoms with E-state index in [9.17, 15) is 14.5 Å². The van der Waals surface area contributed by atoms with Gasteiger partial charge in [-0.1, -0.05) is 122 Å². The maximum atomic E-state index is 13.8. The van der Waals surface area contributed by atoms with Crippen LogP contribution in [0.15, 0.2) is 37.5 Å². The van der Waals surface area contributed by atoms with Crippen molar-refractivity contribution in [2.24, 2.45) is 0 Å². The molecule has 0 aliphatic carbocycles. The summed E-state index contributed by atoms with van der Waals surface area (Å²) in [5, 5.41) is 11.2. The molecule has 12 heteroatoms. The van der Waals surface area contributed by atoms with E-state index in [1.807, 2.05) is 0 Å². The molecule has 316 valence electrons. The van der Waals surface area contributed by atoms with E-state index in [1.54, 1.807) is 7.11 Å². The van der Waals surface area contributed by atoms with Crippen molar-refractivity contribution in [3.63, 3.8) is 0 Å². The molecule has 0 aromatic heterocycles. The number of rotatable bonds is 37. The fourth-order valence-corrected chi connectivity index (χ4v) is 7.74. The fourth-order valence-electron chi connectivity index (χ4n) is 6.41. The van der Waals surface area contributed by atoms with Crippen molar-refractivity contribution in [1.82, 2.24) is 0 Å². The predicted molar refractivity (Wildman–Crippen MR) is 215 cm³/mol. The van der Waals surface area contributed by atoms with Crippen molar-refractivity contribution in [2.45, 2.75) is 185 Å². The SMILES string of the molecule is C=CCOP(=O)(OCC=C)O[C@H]1[C@H](OCC[C@H](CCCCCCC)OC)[C@@H](OC(=O)CCCCCCCCC/C=C\CCCCCC)[C@@H](O)O[C@@H]1COC. The minimum absolute atomic E-state index is 0.0422. The number of aliphatic hydroxyl groups is 1. The van der Waals surface area contributed by atoms with Crippen LogP contribution in [0.3, 0.4) is 0 Å². The Hall–Kier alpha value is -1.40. The van der Waals surface area contributed by atoms with Crippen LogP contribution in [0.5, 0.6) is 0 Å². The van der Waals surface area contributed by atoms with Gasteiger partial charge in [0.25, 0.3) is 0 Å². The number of esters is 1. The summed E-state index contributed by atoms with van der Waals surface area (Å²) < 4.78 is 59.9. The van der Waals surface area contributed by atoms with E-state index in [2.05, 4.69) is 39.2 Å². The first-order chi connectivity index (χ1) is 26.3. The summed E-state index contributed by atoms with van der Waals surface area (Å²) >= 11 is 0. The van der Waals surface area contributed by atoms with Gasteiger partial charge in [0, 0.05) is 27.2 Å². The van der Waals surface area contributed by atoms with E-state index >= 15 is 0 Å². The van der Waals surface area contributed by atoms with Gasteiger partial charge in [-0.2, -0.15) is 0 Å². The van der Waals surface area contributed by atoms with Crippen LogP contribution in [0, 0.1) is 0 Å². The lowest BCUT2D eigenvalue weighted by molar-refractivity contribution is -0.297. The van der Waals surface area contributed by atoms with E-state index in [1.165, 1.54) is 89.9 Å². The summed E-state index contributed by atoms with van der Waals surface area (Å²) in [6.45, 7) is 11.6. The quantitative estimate of drug-likeness (QED) is 0.0280. The van der Waals surface area contributed by atoms with Crippen LogP contribution in [-0.4, -0.2) is 88.5 Å². The van der Waals surface area contributed by atoms with E-state index in [-0.39, 0.29) is 39.0 Å². The number of hydrogen-bond donors (Lipinski definition) is 1. The molecule has 0 amide bonds. The summed E-state index contributed by atoms with van der Waals surface area (Å²) in [6, 6.07) is 0. The summed E-state index contributed by atoms with van der Waals surface area (Å²) in [5.74, 6) is -0.488. The Bertz CT molecular complexity index is 993. The van der Waals surface area contributed by atoms with Gasteiger partial charge >= 0.3 is 13.8 Å². The van der Waals surface area contributed by atoms with Crippen molar-refractivity contribution >= 4 is 13.8 Å². The zero-order valence-corrected chi connectivity index (χ0v) is 35.2. The highest BCUT2D eigenvalue weighted by Crippen LogP contribution is 2.52. The first-order valence-electron chi connectivity index (χ1n) is 20.9. The van der Waals surface area contributed by atoms with E-state index in [4.69, 9.17) is 37.3 Å². The minimum atomic E-state index is -4.24. The third-order valence-corrected chi connectivity index (χ3v) is 10.9. The molecule has 0 spiro atoms. The fraction of sp³-hybridized carbons (Fsp3) is 0.833. The molecule has 1 rings (SSSR count). The van der Waals surface area contributed by atoms with Crippen LogP contribution in [0.25, 0.3) is 0 Å². The molecule has 1 aliphatic rings. The molecular formula is C42H77O11P. The van der Waals surface area contributed by atoms with Crippen molar-refractivity contribution in [1.29, 1.82) is 0 Å². The second kappa shape index (κ2) is 33.7. The monoisotopic (exact) mass is 789 g/mol. The normalized spacial score (nSPS) is 21.0. The smallest absolute Gasteiger partial charge is 0.454 e. The number of phosphoric ester groups is 1. The average Bonchev–Trinajstić information content (AvgIpc) is 3.16. The predicted octanol–water partition coefficient (Wildman–Crippen LogP) is 10.3. The Kier molecular flexibility index (Phi) is 31.6. The second-order valence-electron chi connectivity index (χ2n) is 14.2. The molecule has 0 aromatic carbocycles. The van der Waals surface area contributed by atoms with E-state index in [0.717, 1.165) is 44.9 Å². The minimum Gasteiger partial charge on any atom is -0.454 e. The molecule has 1 N–H and O–H groups in total. The summed E-state index contributed by atoms with van der Waals surface area (Å²) in [6.07, 6.45) is 23.7. The third-order valence-electron chi connectivity index (χ3n) is 9.52. The number of allylic oxidation sites excluding steroid dienone is 2. The largest absolute Gasteiger partial charge is 0.475 e. The van der Waals surface area contributed by atoms with Crippen molar-refractivity contribution in [3.05, 3.63) is 37.5 Å². The van der Waals surface area contributed by atoms with Gasteiger partial charge in [-0.25, -0.2) is 4.57 Å². The topological polar surface area (TPSA) is 128 Å². The molecule has 0 bridgehead atoms. The standard InChI is InChI=1S/C42H77O11P/c1-7-11-13-15-16-17-18-19-20-21-22-23-24-26-28-30-38(43)52-41-40(48-34-31-36(47-6)29-27-25-14-12-8-2)39(37(35-46-5)51-42(41)44)53-54(45,49-32-9-3)50-33-10-4/h9-10,17-18,36-37,39-42,44H,3-4,7-8,11-16,19-35H2,1-2,5-6H3/b18-17-/t36-,37+,39+,40-,41+,42-/m0/s1. The van der Waals surface area contributed by atoms with Gasteiger partial charge in [0.2, 0.25) is 0 Å². The Morgan fingerprint density at radius 1 is 0.759 bits per heavy atom. The number of aliphatic hydroxyl groups excluding tert-OH is 1. The van der Waals surface area contributed by atoms with Crippen molar-refractivity contribution in [3.8, 4) is 0 Å².